The molecule has 18 heavy (non-hydrogen) atoms. The number of aromatic hydroxyl groups is 1. The molecule has 1 heterocycles. The molecule has 1 saturated heterocycles. The highest BCUT2D eigenvalue weighted by molar-refractivity contribution is 5.80. The molecule has 1 aliphatic heterocycles. The van der Waals surface area contributed by atoms with Gasteiger partial charge in [-0.2, -0.15) is 0 Å². The van der Waals surface area contributed by atoms with Crippen molar-refractivity contribution in [2.75, 3.05) is 26.3 Å². The fraction of sp³-hybridized carbons (Fsp3) is 0.462. The summed E-state index contributed by atoms with van der Waals surface area (Å²) in [6.45, 7) is 1.99. The van der Waals surface area contributed by atoms with Crippen LogP contribution in [0, 0.1) is 0 Å². The number of phenolic OH excluding ortho intramolecular Hbond substituents is 1. The van der Waals surface area contributed by atoms with E-state index in [4.69, 9.17) is 10.5 Å². The number of nitrogens with two attached hydrogens (primary N) is 1. The Bertz CT molecular complexity index is 422. The van der Waals surface area contributed by atoms with Gasteiger partial charge in [-0.15, -0.1) is 0 Å². The van der Waals surface area contributed by atoms with Crippen LogP contribution in [0.1, 0.15) is 5.56 Å². The molecular weight excluding hydrogens is 232 g/mol. The third kappa shape index (κ3) is 2.80. The molecule has 0 spiro atoms. The molecule has 5 nitrogen and oxygen atoms in total. The number of carbonyl (C=O) groups excluding carboxylic acids is 1. The fourth-order valence-corrected chi connectivity index (χ4v) is 2.10. The van der Waals surface area contributed by atoms with E-state index in [0.29, 0.717) is 31.9 Å². The van der Waals surface area contributed by atoms with Crippen molar-refractivity contribution in [1.82, 2.24) is 4.90 Å². The molecule has 5 heteroatoms. The maximum absolute atomic E-state index is 12.2. The van der Waals surface area contributed by atoms with Gasteiger partial charge in [0.15, 0.2) is 0 Å². The van der Waals surface area contributed by atoms with Crippen molar-refractivity contribution >= 4 is 5.91 Å². The average Bonchev–Trinajstić information content (AvgIpc) is 2.41. The molecule has 1 aromatic rings. The number of amides is 1. The molecule has 1 fully saturated rings. The minimum absolute atomic E-state index is 0.0183. The number of para-hydroxylation sites is 1. The molecule has 0 bridgehead atoms. The summed E-state index contributed by atoms with van der Waals surface area (Å²) in [5.74, 6) is 0.138. The molecule has 0 aliphatic carbocycles. The van der Waals surface area contributed by atoms with Gasteiger partial charge in [-0.05, 0) is 6.07 Å². The first-order valence-corrected chi connectivity index (χ1v) is 6.06. The van der Waals surface area contributed by atoms with Gasteiger partial charge >= 0.3 is 0 Å². The van der Waals surface area contributed by atoms with Crippen LogP contribution in [-0.4, -0.2) is 48.3 Å². The molecule has 2 rings (SSSR count). The number of benzene rings is 1. The molecular formula is C13H18N2O3. The lowest BCUT2D eigenvalue weighted by Gasteiger charge is -2.35. The second-order valence-corrected chi connectivity index (χ2v) is 4.36. The maximum Gasteiger partial charge on any atom is 0.227 e. The maximum atomic E-state index is 12.2. The van der Waals surface area contributed by atoms with Crippen LogP contribution in [0.4, 0.5) is 0 Å². The monoisotopic (exact) mass is 250 g/mol. The van der Waals surface area contributed by atoms with Crippen LogP contribution in [0.5, 0.6) is 5.75 Å². The topological polar surface area (TPSA) is 75.8 Å². The van der Waals surface area contributed by atoms with Crippen molar-refractivity contribution in [3.05, 3.63) is 29.8 Å². The van der Waals surface area contributed by atoms with E-state index in [1.165, 1.54) is 0 Å². The molecule has 1 amide bonds. The van der Waals surface area contributed by atoms with E-state index in [1.54, 1.807) is 23.1 Å². The van der Waals surface area contributed by atoms with E-state index in [2.05, 4.69) is 0 Å². The number of phenols is 1. The van der Waals surface area contributed by atoms with Gasteiger partial charge in [0.1, 0.15) is 5.75 Å². The summed E-state index contributed by atoms with van der Waals surface area (Å²) >= 11 is 0. The molecule has 1 unspecified atom stereocenters. The summed E-state index contributed by atoms with van der Waals surface area (Å²) in [5, 5.41) is 9.66. The lowest BCUT2D eigenvalue weighted by molar-refractivity contribution is -0.138. The fourth-order valence-electron chi connectivity index (χ4n) is 2.10. The Labute approximate surface area is 106 Å². The molecule has 98 valence electrons. The standard InChI is InChI=1S/C13H18N2O3/c14-8-11-9-18-6-5-15(11)13(17)7-10-3-1-2-4-12(10)16/h1-4,11,16H,5-9,14H2. The van der Waals surface area contributed by atoms with Crippen molar-refractivity contribution in [3.8, 4) is 5.75 Å². The van der Waals surface area contributed by atoms with Crippen LogP contribution in [0.3, 0.4) is 0 Å². The molecule has 0 aromatic heterocycles. The summed E-state index contributed by atoms with van der Waals surface area (Å²) < 4.78 is 5.30. The first-order valence-electron chi connectivity index (χ1n) is 6.06. The van der Waals surface area contributed by atoms with E-state index < -0.39 is 0 Å². The minimum atomic E-state index is -0.0582. The number of rotatable bonds is 3. The summed E-state index contributed by atoms with van der Waals surface area (Å²) in [5.41, 5.74) is 6.27. The number of carbonyl (C=O) groups is 1. The van der Waals surface area contributed by atoms with Gasteiger partial charge in [0.05, 0.1) is 25.7 Å². The van der Waals surface area contributed by atoms with E-state index in [9.17, 15) is 9.90 Å². The Morgan fingerprint density at radius 1 is 1.50 bits per heavy atom. The molecule has 1 aromatic carbocycles. The van der Waals surface area contributed by atoms with Gasteiger partial charge in [-0.25, -0.2) is 0 Å². The van der Waals surface area contributed by atoms with E-state index in [0.717, 1.165) is 0 Å². The molecule has 3 N–H and O–H groups in total. The van der Waals surface area contributed by atoms with Gasteiger partial charge in [-0.3, -0.25) is 4.79 Å². The van der Waals surface area contributed by atoms with Gasteiger partial charge in [0.25, 0.3) is 0 Å². The van der Waals surface area contributed by atoms with Crippen molar-refractivity contribution < 1.29 is 14.6 Å². The molecule has 1 atom stereocenters. The van der Waals surface area contributed by atoms with Crippen LogP contribution < -0.4 is 5.73 Å². The lowest BCUT2D eigenvalue weighted by atomic mass is 10.1. The zero-order valence-corrected chi connectivity index (χ0v) is 10.2. The van der Waals surface area contributed by atoms with Crippen LogP contribution in [0.25, 0.3) is 0 Å². The number of ether oxygens (including phenoxy) is 1. The molecule has 0 radical (unpaired) electrons. The highest BCUT2D eigenvalue weighted by atomic mass is 16.5. The van der Waals surface area contributed by atoms with Gasteiger partial charge < -0.3 is 20.5 Å². The first kappa shape index (κ1) is 12.9. The summed E-state index contributed by atoms with van der Waals surface area (Å²) in [4.78, 5) is 13.9. The van der Waals surface area contributed by atoms with Crippen LogP contribution in [0.15, 0.2) is 24.3 Å². The largest absolute Gasteiger partial charge is 0.508 e. The summed E-state index contributed by atoms with van der Waals surface area (Å²) in [6, 6.07) is 6.83. The van der Waals surface area contributed by atoms with Crippen molar-refractivity contribution in [3.63, 3.8) is 0 Å². The Hall–Kier alpha value is -1.59. The zero-order chi connectivity index (χ0) is 13.0. The number of hydrogen-bond acceptors (Lipinski definition) is 4. The second kappa shape index (κ2) is 5.84. The number of morpholine rings is 1. The van der Waals surface area contributed by atoms with Crippen molar-refractivity contribution in [2.45, 2.75) is 12.5 Å². The quantitative estimate of drug-likeness (QED) is 0.799. The normalized spacial score (nSPS) is 19.8. The van der Waals surface area contributed by atoms with Gasteiger partial charge in [0.2, 0.25) is 5.91 Å². The highest BCUT2D eigenvalue weighted by Gasteiger charge is 2.26. The predicted octanol–water partition coefficient (Wildman–Crippen LogP) is 0.121. The second-order valence-electron chi connectivity index (χ2n) is 4.36. The molecule has 0 saturated carbocycles. The number of hydrogen-bond donors (Lipinski definition) is 2. The van der Waals surface area contributed by atoms with Crippen molar-refractivity contribution in [2.24, 2.45) is 5.73 Å². The van der Waals surface area contributed by atoms with Gasteiger partial charge in [0, 0.05) is 18.7 Å². The summed E-state index contributed by atoms with van der Waals surface area (Å²) in [6.07, 6.45) is 0.198. The Morgan fingerprint density at radius 3 is 3.00 bits per heavy atom. The smallest absolute Gasteiger partial charge is 0.227 e. The van der Waals surface area contributed by atoms with E-state index >= 15 is 0 Å². The van der Waals surface area contributed by atoms with Crippen LogP contribution in [-0.2, 0) is 16.0 Å². The Balaban J connectivity index is 2.05. The van der Waals surface area contributed by atoms with Crippen LogP contribution in [0.2, 0.25) is 0 Å². The zero-order valence-electron chi connectivity index (χ0n) is 10.2. The third-order valence-electron chi connectivity index (χ3n) is 3.15. The Morgan fingerprint density at radius 2 is 2.28 bits per heavy atom. The third-order valence-corrected chi connectivity index (χ3v) is 3.15. The van der Waals surface area contributed by atoms with E-state index in [-0.39, 0.29) is 24.1 Å². The lowest BCUT2D eigenvalue weighted by Crippen LogP contribution is -2.52. The van der Waals surface area contributed by atoms with Crippen LogP contribution >= 0.6 is 0 Å². The Kier molecular flexibility index (Phi) is 4.17. The minimum Gasteiger partial charge on any atom is -0.508 e. The van der Waals surface area contributed by atoms with Gasteiger partial charge in [-0.1, -0.05) is 18.2 Å². The van der Waals surface area contributed by atoms with Crippen molar-refractivity contribution in [1.29, 1.82) is 0 Å². The SMILES string of the molecule is NCC1COCCN1C(=O)Cc1ccccc1O. The van der Waals surface area contributed by atoms with E-state index in [1.807, 2.05) is 6.07 Å². The average molecular weight is 250 g/mol. The summed E-state index contributed by atoms with van der Waals surface area (Å²) in [7, 11) is 0. The number of nitrogens with zero attached hydrogens (tertiary/aromatic N) is 1. The molecule has 1 aliphatic rings. The first-order chi connectivity index (χ1) is 8.72. The highest BCUT2D eigenvalue weighted by Crippen LogP contribution is 2.18. The predicted molar refractivity (Wildman–Crippen MR) is 67.2 cm³/mol.